The number of aliphatic imine (C=N–C) groups is 2. The van der Waals surface area contributed by atoms with Crippen LogP contribution in [0.25, 0.3) is 0 Å². The zero-order chi connectivity index (χ0) is 20.5. The van der Waals surface area contributed by atoms with E-state index in [1.54, 1.807) is 12.1 Å². The second kappa shape index (κ2) is 9.28. The number of likely N-dealkylation sites (tertiary alicyclic amines) is 1. The van der Waals surface area contributed by atoms with Crippen LogP contribution in [0.3, 0.4) is 0 Å². The number of rotatable bonds is 4. The first-order valence-corrected chi connectivity index (χ1v) is 11.2. The van der Waals surface area contributed by atoms with Gasteiger partial charge in [0.05, 0.1) is 10.0 Å². The van der Waals surface area contributed by atoms with Gasteiger partial charge in [0.15, 0.2) is 11.7 Å². The minimum absolute atomic E-state index is 0.396. The van der Waals surface area contributed by atoms with E-state index >= 15 is 0 Å². The molecule has 1 aromatic rings. The van der Waals surface area contributed by atoms with Crippen molar-refractivity contribution in [2.45, 2.75) is 36.5 Å². The monoisotopic (exact) mass is 482 g/mol. The fourth-order valence-corrected chi connectivity index (χ4v) is 4.35. The summed E-state index contributed by atoms with van der Waals surface area (Å²) in [7, 11) is 0. The fraction of sp³-hybridized carbons (Fsp3) is 0.579. The van der Waals surface area contributed by atoms with Crippen molar-refractivity contribution < 1.29 is 0 Å². The minimum Gasteiger partial charge on any atom is -0.337 e. The average Bonchev–Trinajstić information content (AvgIpc) is 2.64. The molecule has 2 aliphatic rings. The predicted octanol–water partition coefficient (Wildman–Crippen LogP) is 5.90. The molecule has 4 nitrogen and oxygen atoms in total. The molecule has 0 aromatic heterocycles. The van der Waals surface area contributed by atoms with Crippen LogP contribution in [0.4, 0.5) is 0 Å². The van der Waals surface area contributed by atoms with E-state index in [0.717, 1.165) is 38.0 Å². The Balaban J connectivity index is 1.75. The molecule has 0 radical (unpaired) electrons. The smallest absolute Gasteiger partial charge is 0.248 e. The van der Waals surface area contributed by atoms with E-state index in [2.05, 4.69) is 28.7 Å². The number of amidine groups is 2. The van der Waals surface area contributed by atoms with Crippen LogP contribution in [-0.4, -0.2) is 57.6 Å². The summed E-state index contributed by atoms with van der Waals surface area (Å²) in [5.41, 5.74) is 0.742. The Kier molecular flexibility index (Phi) is 7.44. The van der Waals surface area contributed by atoms with Crippen LogP contribution in [0.5, 0.6) is 0 Å². The normalized spacial score (nSPS) is 19.8. The maximum atomic E-state index is 6.25. The zero-order valence-corrected chi connectivity index (χ0v) is 19.6. The summed E-state index contributed by atoms with van der Waals surface area (Å²) in [4.78, 5) is 13.6. The summed E-state index contributed by atoms with van der Waals surface area (Å²) >= 11 is 30.9. The summed E-state index contributed by atoms with van der Waals surface area (Å²) in [6.07, 6.45) is 2.23. The minimum atomic E-state index is -1.63. The van der Waals surface area contributed by atoms with Gasteiger partial charge in [-0.1, -0.05) is 58.0 Å². The first kappa shape index (κ1) is 22.5. The summed E-state index contributed by atoms with van der Waals surface area (Å²) in [6, 6.07) is 5.82. The SMILES string of the molecule is CC(C)N1CCC(CN2CN=C(c3ccc(Cl)c(Cl)c3)N=C2C(Cl)(Cl)Cl)CC1. The van der Waals surface area contributed by atoms with Crippen molar-refractivity contribution in [2.24, 2.45) is 15.9 Å². The Labute approximate surface area is 191 Å². The van der Waals surface area contributed by atoms with Crippen molar-refractivity contribution in [3.8, 4) is 0 Å². The molecule has 2 aliphatic heterocycles. The Morgan fingerprint density at radius 2 is 1.79 bits per heavy atom. The lowest BCUT2D eigenvalue weighted by molar-refractivity contribution is 0.137. The third-order valence-electron chi connectivity index (χ3n) is 5.19. The molecule has 0 aliphatic carbocycles. The predicted molar refractivity (Wildman–Crippen MR) is 122 cm³/mol. The van der Waals surface area contributed by atoms with Crippen molar-refractivity contribution in [1.82, 2.24) is 9.80 Å². The van der Waals surface area contributed by atoms with Gasteiger partial charge < -0.3 is 9.80 Å². The quantitative estimate of drug-likeness (QED) is 0.498. The van der Waals surface area contributed by atoms with E-state index < -0.39 is 3.79 Å². The van der Waals surface area contributed by atoms with Crippen LogP contribution in [0.15, 0.2) is 28.2 Å². The number of nitrogens with zero attached hydrogens (tertiary/aromatic N) is 4. The van der Waals surface area contributed by atoms with Gasteiger partial charge in [0.25, 0.3) is 0 Å². The lowest BCUT2D eigenvalue weighted by Crippen LogP contribution is -2.47. The maximum Gasteiger partial charge on any atom is 0.248 e. The van der Waals surface area contributed by atoms with Gasteiger partial charge in [0.2, 0.25) is 3.79 Å². The molecule has 0 unspecified atom stereocenters. The van der Waals surface area contributed by atoms with E-state index in [1.807, 2.05) is 11.0 Å². The van der Waals surface area contributed by atoms with E-state index in [4.69, 9.17) is 58.0 Å². The van der Waals surface area contributed by atoms with Crippen molar-refractivity contribution in [1.29, 1.82) is 0 Å². The number of piperidine rings is 1. The van der Waals surface area contributed by atoms with Gasteiger partial charge in [0, 0.05) is 18.2 Å². The molecule has 154 valence electrons. The van der Waals surface area contributed by atoms with Crippen LogP contribution in [0.1, 0.15) is 32.3 Å². The van der Waals surface area contributed by atoms with E-state index in [0.29, 0.717) is 40.3 Å². The lowest BCUT2D eigenvalue weighted by atomic mass is 9.95. The maximum absolute atomic E-state index is 6.25. The van der Waals surface area contributed by atoms with E-state index in [1.165, 1.54) is 0 Å². The highest BCUT2D eigenvalue weighted by molar-refractivity contribution is 6.76. The van der Waals surface area contributed by atoms with Crippen molar-refractivity contribution in [3.05, 3.63) is 33.8 Å². The molecule has 0 atom stereocenters. The van der Waals surface area contributed by atoms with Crippen LogP contribution < -0.4 is 0 Å². The van der Waals surface area contributed by atoms with Crippen LogP contribution in [0, 0.1) is 5.92 Å². The van der Waals surface area contributed by atoms with Gasteiger partial charge in [-0.3, -0.25) is 0 Å². The summed E-state index contributed by atoms with van der Waals surface area (Å²) in [5.74, 6) is 1.42. The van der Waals surface area contributed by atoms with Gasteiger partial charge in [-0.25, -0.2) is 9.98 Å². The highest BCUT2D eigenvalue weighted by Crippen LogP contribution is 2.33. The molecule has 1 aromatic carbocycles. The van der Waals surface area contributed by atoms with Gasteiger partial charge >= 0.3 is 0 Å². The highest BCUT2D eigenvalue weighted by atomic mass is 35.6. The molecular formula is C19H23Cl5N4. The Bertz CT molecular complexity index is 764. The molecule has 0 N–H and O–H groups in total. The summed E-state index contributed by atoms with van der Waals surface area (Å²) in [6.45, 7) is 7.82. The van der Waals surface area contributed by atoms with Crippen molar-refractivity contribution >= 4 is 69.7 Å². The van der Waals surface area contributed by atoms with E-state index in [-0.39, 0.29) is 0 Å². The average molecular weight is 485 g/mol. The standard InChI is InChI=1S/C19H23Cl5N4/c1-12(2)27-7-5-13(6-8-27)10-28-11-25-17(26-18(28)19(22,23)24)14-3-4-15(20)16(21)9-14/h3-4,9,12-13H,5-8,10-11H2,1-2H3. The molecule has 0 saturated carbocycles. The largest absolute Gasteiger partial charge is 0.337 e. The van der Waals surface area contributed by atoms with Gasteiger partial charge in [-0.15, -0.1) is 0 Å². The van der Waals surface area contributed by atoms with Crippen LogP contribution >= 0.6 is 58.0 Å². The second-order valence-electron chi connectivity index (χ2n) is 7.48. The number of hydrogen-bond donors (Lipinski definition) is 0. The molecule has 0 spiro atoms. The first-order valence-electron chi connectivity index (χ1n) is 9.30. The number of hydrogen-bond acceptors (Lipinski definition) is 4. The Morgan fingerprint density at radius 3 is 2.36 bits per heavy atom. The van der Waals surface area contributed by atoms with Gasteiger partial charge in [-0.05, 0) is 63.9 Å². The second-order valence-corrected chi connectivity index (χ2v) is 10.6. The zero-order valence-electron chi connectivity index (χ0n) is 15.8. The molecule has 1 fully saturated rings. The summed E-state index contributed by atoms with van der Waals surface area (Å²) in [5, 5.41) is 0.911. The molecule has 0 amide bonds. The number of halogens is 5. The van der Waals surface area contributed by atoms with Gasteiger partial charge in [0.1, 0.15) is 6.67 Å². The van der Waals surface area contributed by atoms with E-state index in [9.17, 15) is 0 Å². The van der Waals surface area contributed by atoms with Crippen molar-refractivity contribution in [2.75, 3.05) is 26.3 Å². The molecule has 28 heavy (non-hydrogen) atoms. The molecular weight excluding hydrogens is 462 g/mol. The third-order valence-corrected chi connectivity index (χ3v) is 6.44. The molecule has 0 bridgehead atoms. The van der Waals surface area contributed by atoms with Crippen LogP contribution in [0.2, 0.25) is 10.0 Å². The van der Waals surface area contributed by atoms with Crippen LogP contribution in [-0.2, 0) is 0 Å². The lowest BCUT2D eigenvalue weighted by Gasteiger charge is -2.38. The summed E-state index contributed by atoms with van der Waals surface area (Å²) < 4.78 is -1.63. The highest BCUT2D eigenvalue weighted by Gasteiger charge is 2.36. The Morgan fingerprint density at radius 1 is 1.11 bits per heavy atom. The van der Waals surface area contributed by atoms with Crippen molar-refractivity contribution in [3.63, 3.8) is 0 Å². The fourth-order valence-electron chi connectivity index (χ4n) is 3.57. The molecule has 2 heterocycles. The first-order chi connectivity index (χ1) is 13.1. The molecule has 1 saturated heterocycles. The molecule has 9 heteroatoms. The third kappa shape index (κ3) is 5.47. The molecule has 3 rings (SSSR count). The van der Waals surface area contributed by atoms with Gasteiger partial charge in [-0.2, -0.15) is 0 Å². The number of benzene rings is 1. The topological polar surface area (TPSA) is 31.2 Å². The Hall–Kier alpha value is -0.230. The number of alkyl halides is 3.